The molecule has 0 bridgehead atoms. The van der Waals surface area contributed by atoms with Crippen LogP contribution in [0.2, 0.25) is 0 Å². The number of methoxy groups -OCH3 is 1. The van der Waals surface area contributed by atoms with E-state index in [2.05, 4.69) is 0 Å². The van der Waals surface area contributed by atoms with E-state index in [1.165, 1.54) is 32.2 Å². The van der Waals surface area contributed by atoms with Crippen LogP contribution in [-0.2, 0) is 14.1 Å². The average Bonchev–Trinajstić information content (AvgIpc) is 2.75. The summed E-state index contributed by atoms with van der Waals surface area (Å²) in [5.74, 6) is -2.01. The first-order chi connectivity index (χ1) is 12.0. The van der Waals surface area contributed by atoms with Crippen LogP contribution in [0.5, 0.6) is 5.75 Å². The van der Waals surface area contributed by atoms with Crippen LogP contribution in [0.1, 0.15) is 40.2 Å². The fourth-order valence-corrected chi connectivity index (χ4v) is 2.96. The molecule has 1 aromatic rings. The minimum atomic E-state index is -1.06. The van der Waals surface area contributed by atoms with Crippen molar-refractivity contribution in [1.29, 1.82) is 0 Å². The van der Waals surface area contributed by atoms with Gasteiger partial charge in [-0.25, -0.2) is 4.39 Å². The molecule has 142 valence electrons. The summed E-state index contributed by atoms with van der Waals surface area (Å²) < 4.78 is 45.1. The Morgan fingerprint density at radius 2 is 1.77 bits per heavy atom. The second-order valence-corrected chi connectivity index (χ2v) is 8.23. The fourth-order valence-electron chi connectivity index (χ4n) is 2.37. The van der Waals surface area contributed by atoms with Gasteiger partial charge in [-0.2, -0.15) is 4.39 Å². The molecule has 1 aliphatic heterocycles. The van der Waals surface area contributed by atoms with Gasteiger partial charge in [-0.15, -0.1) is 0 Å². The number of ether oxygens (including phenoxy) is 1. The normalized spacial score (nSPS) is 18.9. The van der Waals surface area contributed by atoms with Crippen LogP contribution in [0, 0.1) is 11.6 Å². The molecule has 1 aliphatic rings. The number of carbonyl (C=O) groups excluding carboxylic acids is 1. The van der Waals surface area contributed by atoms with Crippen LogP contribution >= 0.6 is 11.8 Å². The van der Waals surface area contributed by atoms with Crippen LogP contribution in [0.4, 0.5) is 8.78 Å². The first-order valence-corrected chi connectivity index (χ1v) is 9.18. The molecule has 0 spiro atoms. The molecule has 2 rings (SSSR count). The van der Waals surface area contributed by atoms with Crippen molar-refractivity contribution in [2.24, 2.45) is 0 Å². The number of rotatable bonds is 5. The lowest BCUT2D eigenvalue weighted by Gasteiger charge is -2.32. The van der Waals surface area contributed by atoms with E-state index in [9.17, 15) is 13.6 Å². The van der Waals surface area contributed by atoms with E-state index >= 15 is 0 Å². The molecule has 0 aliphatic carbocycles. The number of halogens is 2. The predicted molar refractivity (Wildman–Crippen MR) is 100 cm³/mol. The fraction of sp³-hybridized carbons (Fsp3) is 0.500. The van der Waals surface area contributed by atoms with Crippen LogP contribution in [0.25, 0.3) is 6.08 Å². The molecule has 0 saturated carbocycles. The number of carbonyl (C=O) groups is 1. The van der Waals surface area contributed by atoms with E-state index in [-0.39, 0.29) is 22.2 Å². The zero-order chi connectivity index (χ0) is 19.7. The Kier molecular flexibility index (Phi) is 6.20. The Morgan fingerprint density at radius 1 is 1.19 bits per heavy atom. The van der Waals surface area contributed by atoms with E-state index in [1.807, 2.05) is 27.7 Å². The van der Waals surface area contributed by atoms with Crippen molar-refractivity contribution in [3.63, 3.8) is 0 Å². The summed E-state index contributed by atoms with van der Waals surface area (Å²) >= 11 is 1.06. The van der Waals surface area contributed by atoms with Crippen LogP contribution in [-0.4, -0.2) is 36.3 Å². The monoisotopic (exact) mass is 384 g/mol. The third kappa shape index (κ3) is 4.30. The largest absolute Gasteiger partial charge is 0.494 e. The van der Waals surface area contributed by atoms with Gasteiger partial charge in [0, 0.05) is 18.2 Å². The average molecular weight is 384 g/mol. The van der Waals surface area contributed by atoms with Gasteiger partial charge in [0.25, 0.3) is 0 Å². The van der Waals surface area contributed by atoms with E-state index in [0.717, 1.165) is 11.8 Å². The topological polar surface area (TPSA) is 44.8 Å². The Morgan fingerprint density at radius 3 is 2.27 bits per heavy atom. The first kappa shape index (κ1) is 20.9. The van der Waals surface area contributed by atoms with Gasteiger partial charge in [0.05, 0.1) is 18.3 Å². The van der Waals surface area contributed by atoms with E-state index in [0.29, 0.717) is 5.47 Å². The van der Waals surface area contributed by atoms with Gasteiger partial charge in [0.15, 0.2) is 16.7 Å². The summed E-state index contributed by atoms with van der Waals surface area (Å²) in [5, 5.41) is -0.0891. The molecular formula is C18H23BF2O4S. The summed E-state index contributed by atoms with van der Waals surface area (Å²) in [5.41, 5.74) is -0.577. The molecule has 0 N–H and O–H groups in total. The van der Waals surface area contributed by atoms with Crippen LogP contribution in [0.3, 0.4) is 0 Å². The summed E-state index contributed by atoms with van der Waals surface area (Å²) in [6.45, 7) is 9.04. The summed E-state index contributed by atoms with van der Waals surface area (Å²) in [6, 6.07) is 2.77. The number of thioether (sulfide) groups is 1. The van der Waals surface area contributed by atoms with Gasteiger partial charge in [0.2, 0.25) is 5.82 Å². The molecule has 0 aromatic heterocycles. The molecule has 26 heavy (non-hydrogen) atoms. The maximum absolute atomic E-state index is 14.3. The molecule has 1 aromatic carbocycles. The van der Waals surface area contributed by atoms with Gasteiger partial charge >= 0.3 is 7.12 Å². The lowest BCUT2D eigenvalue weighted by atomic mass is 9.78. The number of hydrogen-bond donors (Lipinski definition) is 0. The van der Waals surface area contributed by atoms with Gasteiger partial charge in [-0.1, -0.05) is 17.8 Å². The smallest absolute Gasteiger partial charge is 0.491 e. The van der Waals surface area contributed by atoms with Crippen molar-refractivity contribution in [1.82, 2.24) is 0 Å². The van der Waals surface area contributed by atoms with Crippen molar-refractivity contribution < 1.29 is 27.6 Å². The highest BCUT2D eigenvalue weighted by molar-refractivity contribution is 8.13. The Hall–Kier alpha value is -1.38. The van der Waals surface area contributed by atoms with E-state index in [4.69, 9.17) is 14.0 Å². The van der Waals surface area contributed by atoms with Gasteiger partial charge in [-0.3, -0.25) is 4.79 Å². The highest BCUT2D eigenvalue weighted by atomic mass is 32.2. The molecule has 8 heteroatoms. The Bertz CT molecular complexity index is 718. The quantitative estimate of drug-likeness (QED) is 0.710. The van der Waals surface area contributed by atoms with Gasteiger partial charge < -0.3 is 14.0 Å². The molecule has 0 atom stereocenters. The Labute approximate surface area is 157 Å². The van der Waals surface area contributed by atoms with Crippen molar-refractivity contribution >= 4 is 30.1 Å². The second-order valence-electron chi connectivity index (χ2n) is 7.07. The van der Waals surface area contributed by atoms with E-state index in [1.54, 1.807) is 0 Å². The molecule has 1 heterocycles. The third-order valence-electron chi connectivity index (χ3n) is 4.64. The molecule has 0 radical (unpaired) electrons. The highest BCUT2D eigenvalue weighted by Crippen LogP contribution is 2.39. The molecule has 0 unspecified atom stereocenters. The van der Waals surface area contributed by atoms with E-state index < -0.39 is 30.0 Å². The molecule has 1 fully saturated rings. The standard InChI is InChI=1S/C18H23BF2O4S/c1-11(22)26-10-13(19-24-17(2,3)18(4,5)25-19)9-12-7-8-14(23-6)16(21)15(12)20/h7-9H,10H2,1-6H3. The zero-order valence-electron chi connectivity index (χ0n) is 15.8. The summed E-state index contributed by atoms with van der Waals surface area (Å²) in [4.78, 5) is 11.4. The maximum Gasteiger partial charge on any atom is 0.491 e. The van der Waals surface area contributed by atoms with Crippen LogP contribution < -0.4 is 4.74 Å². The molecule has 4 nitrogen and oxygen atoms in total. The Balaban J connectivity index is 2.41. The zero-order valence-corrected chi connectivity index (χ0v) is 16.6. The van der Waals surface area contributed by atoms with Crippen molar-refractivity contribution in [3.05, 3.63) is 34.8 Å². The van der Waals surface area contributed by atoms with Crippen molar-refractivity contribution in [2.45, 2.75) is 45.8 Å². The minimum absolute atomic E-state index is 0.0390. The van der Waals surface area contributed by atoms with Crippen LogP contribution in [0.15, 0.2) is 17.6 Å². The predicted octanol–water partition coefficient (Wildman–Crippen LogP) is 4.27. The lowest BCUT2D eigenvalue weighted by molar-refractivity contribution is -0.109. The van der Waals surface area contributed by atoms with Gasteiger partial charge in [0.1, 0.15) is 0 Å². The second kappa shape index (κ2) is 7.70. The minimum Gasteiger partial charge on any atom is -0.494 e. The van der Waals surface area contributed by atoms with Gasteiger partial charge in [-0.05, 0) is 45.3 Å². The molecule has 0 amide bonds. The third-order valence-corrected chi connectivity index (χ3v) is 5.52. The lowest BCUT2D eigenvalue weighted by Crippen LogP contribution is -2.41. The summed E-state index contributed by atoms with van der Waals surface area (Å²) in [6.07, 6.45) is 1.47. The highest BCUT2D eigenvalue weighted by Gasteiger charge is 2.52. The number of benzene rings is 1. The van der Waals surface area contributed by atoms with Crippen molar-refractivity contribution in [2.75, 3.05) is 12.9 Å². The first-order valence-electron chi connectivity index (χ1n) is 8.20. The molecular weight excluding hydrogens is 361 g/mol. The van der Waals surface area contributed by atoms with Crippen molar-refractivity contribution in [3.8, 4) is 5.75 Å². The SMILES string of the molecule is COc1ccc(C=C(CSC(C)=O)B2OC(C)(C)C(C)(C)O2)c(F)c1F. The summed E-state index contributed by atoms with van der Waals surface area (Å²) in [7, 11) is 0.517. The molecule has 1 saturated heterocycles. The maximum atomic E-state index is 14.3. The number of hydrogen-bond acceptors (Lipinski definition) is 5.